The van der Waals surface area contributed by atoms with E-state index in [1.807, 2.05) is 27.0 Å². The summed E-state index contributed by atoms with van der Waals surface area (Å²) in [6.45, 7) is 6.90. The Morgan fingerprint density at radius 1 is 1.25 bits per heavy atom. The minimum absolute atomic E-state index is 0. The van der Waals surface area contributed by atoms with Gasteiger partial charge in [0.25, 0.3) is 0 Å². The van der Waals surface area contributed by atoms with Crippen LogP contribution in [0.15, 0.2) is 27.6 Å². The molecule has 0 saturated carbocycles. The molecule has 0 aliphatic carbocycles. The zero-order chi connectivity index (χ0) is 19.6. The number of likely N-dealkylation sites (N-methyl/N-ethyl adjacent to an activating group) is 1. The van der Waals surface area contributed by atoms with Gasteiger partial charge in [-0.1, -0.05) is 11.2 Å². The number of nitrogens with zero attached hydrogens (tertiary/aromatic N) is 3. The van der Waals surface area contributed by atoms with Gasteiger partial charge in [0, 0.05) is 31.5 Å². The highest BCUT2D eigenvalue weighted by molar-refractivity contribution is 7.89. The maximum Gasteiger partial charge on any atom is 0.243 e. The van der Waals surface area contributed by atoms with Gasteiger partial charge in [0.05, 0.1) is 4.90 Å². The lowest BCUT2D eigenvalue weighted by atomic mass is 9.98. The Kier molecular flexibility index (Phi) is 7.61. The highest BCUT2D eigenvalue weighted by Gasteiger charge is 2.32. The van der Waals surface area contributed by atoms with Gasteiger partial charge in [-0.3, -0.25) is 0 Å². The summed E-state index contributed by atoms with van der Waals surface area (Å²) in [5, 5.41) is 7.21. The van der Waals surface area contributed by atoms with Crippen LogP contribution in [-0.2, 0) is 16.4 Å². The standard InChI is InChI=1S/C19H28N4O3S.ClH/c1-13-5-6-17(11-14(13)2)27(24,25)23-9-7-16(8-10-23)19-21-18(22-26-19)12-15(3)20-4;/h5-6,11,15-16,20H,7-10,12H2,1-4H3;1H. The molecule has 0 spiro atoms. The molecule has 1 fully saturated rings. The summed E-state index contributed by atoms with van der Waals surface area (Å²) >= 11 is 0. The Hall–Kier alpha value is -1.48. The molecule has 1 aromatic carbocycles. The third kappa shape index (κ3) is 4.92. The molecule has 1 N–H and O–H groups in total. The first-order valence-corrected chi connectivity index (χ1v) is 10.8. The van der Waals surface area contributed by atoms with Crippen molar-refractivity contribution in [3.63, 3.8) is 0 Å². The second-order valence-corrected chi connectivity index (χ2v) is 9.31. The van der Waals surface area contributed by atoms with Crippen molar-refractivity contribution in [3.8, 4) is 0 Å². The molecule has 3 rings (SSSR count). The van der Waals surface area contributed by atoms with Gasteiger partial charge in [0.15, 0.2) is 5.82 Å². The Bertz CT molecular complexity index is 892. The van der Waals surface area contributed by atoms with E-state index in [1.165, 1.54) is 0 Å². The van der Waals surface area contributed by atoms with Crippen molar-refractivity contribution in [2.24, 2.45) is 0 Å². The van der Waals surface area contributed by atoms with E-state index in [9.17, 15) is 8.42 Å². The fourth-order valence-electron chi connectivity index (χ4n) is 3.26. The van der Waals surface area contributed by atoms with Crippen molar-refractivity contribution in [1.29, 1.82) is 0 Å². The van der Waals surface area contributed by atoms with Crippen molar-refractivity contribution >= 4 is 22.4 Å². The monoisotopic (exact) mass is 428 g/mol. The lowest BCUT2D eigenvalue weighted by Crippen LogP contribution is -2.38. The van der Waals surface area contributed by atoms with E-state index in [0.29, 0.717) is 49.0 Å². The van der Waals surface area contributed by atoms with E-state index < -0.39 is 10.0 Å². The van der Waals surface area contributed by atoms with Crippen LogP contribution >= 0.6 is 12.4 Å². The molecule has 1 unspecified atom stereocenters. The van der Waals surface area contributed by atoms with Gasteiger partial charge < -0.3 is 9.84 Å². The fourth-order valence-corrected chi connectivity index (χ4v) is 4.81. The van der Waals surface area contributed by atoms with E-state index in [4.69, 9.17) is 4.52 Å². The predicted molar refractivity (Wildman–Crippen MR) is 110 cm³/mol. The van der Waals surface area contributed by atoms with Gasteiger partial charge in [0.2, 0.25) is 15.9 Å². The molecule has 2 heterocycles. The summed E-state index contributed by atoms with van der Waals surface area (Å²) in [7, 11) is -1.56. The number of aryl methyl sites for hydroxylation is 2. The number of rotatable bonds is 6. The second kappa shape index (κ2) is 9.35. The SMILES string of the molecule is CNC(C)Cc1noc(C2CCN(S(=O)(=O)c3ccc(C)c(C)c3)CC2)n1.Cl. The summed E-state index contributed by atoms with van der Waals surface area (Å²) in [5.41, 5.74) is 2.08. The number of hydrogen-bond acceptors (Lipinski definition) is 6. The smallest absolute Gasteiger partial charge is 0.243 e. The largest absolute Gasteiger partial charge is 0.339 e. The van der Waals surface area contributed by atoms with Crippen LogP contribution < -0.4 is 5.32 Å². The van der Waals surface area contributed by atoms with Crippen LogP contribution in [0.1, 0.15) is 48.5 Å². The molecule has 1 aliphatic rings. The Labute approximate surface area is 173 Å². The van der Waals surface area contributed by atoms with E-state index >= 15 is 0 Å². The highest BCUT2D eigenvalue weighted by Crippen LogP contribution is 2.30. The molecule has 156 valence electrons. The van der Waals surface area contributed by atoms with Crippen LogP contribution in [0.3, 0.4) is 0 Å². The maximum absolute atomic E-state index is 12.9. The van der Waals surface area contributed by atoms with Crippen LogP contribution in [0, 0.1) is 13.8 Å². The minimum Gasteiger partial charge on any atom is -0.339 e. The number of benzene rings is 1. The second-order valence-electron chi connectivity index (χ2n) is 7.37. The van der Waals surface area contributed by atoms with E-state index in [-0.39, 0.29) is 24.4 Å². The third-order valence-electron chi connectivity index (χ3n) is 5.38. The Morgan fingerprint density at radius 3 is 2.54 bits per heavy atom. The summed E-state index contributed by atoms with van der Waals surface area (Å²) in [4.78, 5) is 4.87. The summed E-state index contributed by atoms with van der Waals surface area (Å²) in [5.74, 6) is 1.43. The molecule has 1 aromatic heterocycles. The minimum atomic E-state index is -3.46. The lowest BCUT2D eigenvalue weighted by Gasteiger charge is -2.29. The number of aromatic nitrogens is 2. The molecule has 7 nitrogen and oxygen atoms in total. The van der Waals surface area contributed by atoms with Crippen molar-refractivity contribution < 1.29 is 12.9 Å². The topological polar surface area (TPSA) is 88.3 Å². The van der Waals surface area contributed by atoms with E-state index in [1.54, 1.807) is 16.4 Å². The maximum atomic E-state index is 12.9. The first kappa shape index (κ1) is 22.8. The average Bonchev–Trinajstić information content (AvgIpc) is 3.12. The van der Waals surface area contributed by atoms with Crippen LogP contribution in [-0.4, -0.2) is 49.0 Å². The third-order valence-corrected chi connectivity index (χ3v) is 7.28. The van der Waals surface area contributed by atoms with E-state index in [2.05, 4.69) is 22.4 Å². The van der Waals surface area contributed by atoms with Gasteiger partial charge in [-0.2, -0.15) is 9.29 Å². The number of nitrogens with one attached hydrogen (secondary N) is 1. The van der Waals surface area contributed by atoms with Crippen molar-refractivity contribution in [2.75, 3.05) is 20.1 Å². The molecular formula is C19H29ClN4O3S. The molecule has 0 bridgehead atoms. The van der Waals surface area contributed by atoms with Gasteiger partial charge in [-0.25, -0.2) is 8.42 Å². The molecule has 28 heavy (non-hydrogen) atoms. The zero-order valence-corrected chi connectivity index (χ0v) is 18.4. The molecule has 1 aliphatic heterocycles. The number of halogens is 1. The Balaban J connectivity index is 0.00000280. The molecule has 2 aromatic rings. The van der Waals surface area contributed by atoms with Gasteiger partial charge in [-0.15, -0.1) is 12.4 Å². The quantitative estimate of drug-likeness (QED) is 0.761. The van der Waals surface area contributed by atoms with Crippen LogP contribution in [0.25, 0.3) is 0 Å². The number of hydrogen-bond donors (Lipinski definition) is 1. The molecule has 1 atom stereocenters. The Morgan fingerprint density at radius 2 is 1.93 bits per heavy atom. The molecule has 9 heteroatoms. The lowest BCUT2D eigenvalue weighted by molar-refractivity contribution is 0.270. The van der Waals surface area contributed by atoms with Crippen LogP contribution in [0.5, 0.6) is 0 Å². The van der Waals surface area contributed by atoms with Crippen LogP contribution in [0.4, 0.5) is 0 Å². The van der Waals surface area contributed by atoms with Gasteiger partial charge in [-0.05, 0) is 63.9 Å². The molecule has 0 radical (unpaired) electrons. The van der Waals surface area contributed by atoms with Crippen molar-refractivity contribution in [3.05, 3.63) is 41.0 Å². The molecule has 1 saturated heterocycles. The predicted octanol–water partition coefficient (Wildman–Crippen LogP) is 2.83. The van der Waals surface area contributed by atoms with Crippen LogP contribution in [0.2, 0.25) is 0 Å². The fraction of sp³-hybridized carbons (Fsp3) is 0.579. The van der Waals surface area contributed by atoms with Crippen molar-refractivity contribution in [1.82, 2.24) is 19.8 Å². The number of piperidine rings is 1. The van der Waals surface area contributed by atoms with Gasteiger partial charge in [0.1, 0.15) is 0 Å². The molecular weight excluding hydrogens is 400 g/mol. The van der Waals surface area contributed by atoms with Gasteiger partial charge >= 0.3 is 0 Å². The van der Waals surface area contributed by atoms with E-state index in [0.717, 1.165) is 11.1 Å². The first-order chi connectivity index (χ1) is 12.8. The highest BCUT2D eigenvalue weighted by atomic mass is 35.5. The summed E-state index contributed by atoms with van der Waals surface area (Å²) in [6.07, 6.45) is 2.08. The first-order valence-electron chi connectivity index (χ1n) is 9.38. The summed E-state index contributed by atoms with van der Waals surface area (Å²) in [6, 6.07) is 5.59. The zero-order valence-electron chi connectivity index (χ0n) is 16.8. The van der Waals surface area contributed by atoms with Crippen molar-refractivity contribution in [2.45, 2.75) is 56.9 Å². The average molecular weight is 429 g/mol. The summed E-state index contributed by atoms with van der Waals surface area (Å²) < 4.78 is 32.8. The normalized spacial score (nSPS) is 17.3. The molecule has 0 amide bonds. The number of sulfonamides is 1.